The van der Waals surface area contributed by atoms with E-state index in [4.69, 9.17) is 21.7 Å². The monoisotopic (exact) mass is 285 g/mol. The van der Waals surface area contributed by atoms with Gasteiger partial charge in [0.25, 0.3) is 0 Å². The summed E-state index contributed by atoms with van der Waals surface area (Å²) in [5.74, 6) is 1.52. The van der Waals surface area contributed by atoms with Gasteiger partial charge in [-0.1, -0.05) is 42.5 Å². The molecule has 3 nitrogen and oxygen atoms in total. The van der Waals surface area contributed by atoms with E-state index in [1.807, 2.05) is 36.4 Å². The van der Waals surface area contributed by atoms with Crippen LogP contribution in [0.3, 0.4) is 0 Å². The summed E-state index contributed by atoms with van der Waals surface area (Å²) in [6.45, 7) is 0.653. The van der Waals surface area contributed by atoms with Gasteiger partial charge in [0.1, 0.15) is 22.6 Å². The predicted octanol–water partition coefficient (Wildman–Crippen LogP) is 3.09. The summed E-state index contributed by atoms with van der Waals surface area (Å²) < 4.78 is 11.4. The highest BCUT2D eigenvalue weighted by Gasteiger charge is 2.22. The van der Waals surface area contributed by atoms with Crippen molar-refractivity contribution in [2.45, 2.75) is 6.10 Å². The second-order valence-corrected chi connectivity index (χ2v) is 5.00. The smallest absolute Gasteiger partial charge is 0.141 e. The first-order valence-electron chi connectivity index (χ1n) is 6.46. The van der Waals surface area contributed by atoms with Gasteiger partial charge in [0.2, 0.25) is 0 Å². The minimum atomic E-state index is -0.0671. The third-order valence-electron chi connectivity index (χ3n) is 3.32. The van der Waals surface area contributed by atoms with Gasteiger partial charge < -0.3 is 14.8 Å². The second-order valence-electron chi connectivity index (χ2n) is 4.59. The maximum atomic E-state index is 6.13. The molecule has 0 radical (unpaired) electrons. The lowest BCUT2D eigenvalue weighted by Gasteiger charge is -2.17. The van der Waals surface area contributed by atoms with E-state index in [1.54, 1.807) is 7.11 Å². The minimum Gasteiger partial charge on any atom is -0.497 e. The Morgan fingerprint density at radius 2 is 2.00 bits per heavy atom. The van der Waals surface area contributed by atoms with E-state index < -0.39 is 0 Å². The lowest BCUT2D eigenvalue weighted by molar-refractivity contribution is 0.212. The molecule has 1 aliphatic heterocycles. The summed E-state index contributed by atoms with van der Waals surface area (Å²) in [6.07, 6.45) is -0.0671. The highest BCUT2D eigenvalue weighted by molar-refractivity contribution is 7.80. The van der Waals surface area contributed by atoms with Crippen molar-refractivity contribution in [3.63, 3.8) is 0 Å². The molecule has 0 fully saturated rings. The number of thiocarbonyl (C=S) groups is 1. The van der Waals surface area contributed by atoms with E-state index in [2.05, 4.69) is 17.4 Å². The van der Waals surface area contributed by atoms with Gasteiger partial charge in [-0.3, -0.25) is 0 Å². The van der Waals surface area contributed by atoms with Crippen LogP contribution in [-0.4, -0.2) is 18.6 Å². The van der Waals surface area contributed by atoms with Gasteiger partial charge in [0, 0.05) is 6.07 Å². The van der Waals surface area contributed by atoms with Crippen molar-refractivity contribution < 1.29 is 9.47 Å². The number of rotatable bonds is 2. The lowest BCUT2D eigenvalue weighted by atomic mass is 10.1. The van der Waals surface area contributed by atoms with Crippen LogP contribution in [0.1, 0.15) is 17.2 Å². The molecule has 1 unspecified atom stereocenters. The SMILES string of the molecule is COc1ccc2c(c1)OC(c1ccccc1)CNC2=S. The Kier molecular flexibility index (Phi) is 3.56. The molecule has 1 aliphatic rings. The average Bonchev–Trinajstić information content (AvgIpc) is 2.67. The van der Waals surface area contributed by atoms with E-state index in [1.165, 1.54) is 0 Å². The fourth-order valence-electron chi connectivity index (χ4n) is 2.24. The first kappa shape index (κ1) is 12.9. The van der Waals surface area contributed by atoms with E-state index in [9.17, 15) is 0 Å². The molecule has 3 rings (SSSR count). The van der Waals surface area contributed by atoms with Crippen LogP contribution in [-0.2, 0) is 0 Å². The van der Waals surface area contributed by atoms with Crippen molar-refractivity contribution in [3.8, 4) is 11.5 Å². The second kappa shape index (κ2) is 5.51. The molecule has 0 saturated heterocycles. The van der Waals surface area contributed by atoms with Crippen LogP contribution in [0.25, 0.3) is 0 Å². The first-order chi connectivity index (χ1) is 9.78. The van der Waals surface area contributed by atoms with Crippen molar-refractivity contribution in [2.24, 2.45) is 0 Å². The van der Waals surface area contributed by atoms with Gasteiger partial charge in [-0.2, -0.15) is 0 Å². The number of hydrogen-bond acceptors (Lipinski definition) is 3. The molecule has 1 N–H and O–H groups in total. The van der Waals surface area contributed by atoms with Crippen molar-refractivity contribution in [3.05, 3.63) is 59.7 Å². The fraction of sp³-hybridized carbons (Fsp3) is 0.188. The fourth-order valence-corrected chi connectivity index (χ4v) is 2.50. The van der Waals surface area contributed by atoms with Gasteiger partial charge in [0.05, 0.1) is 19.2 Å². The zero-order chi connectivity index (χ0) is 13.9. The molecule has 0 aliphatic carbocycles. The number of nitrogens with one attached hydrogen (secondary N) is 1. The Morgan fingerprint density at radius 1 is 1.20 bits per heavy atom. The van der Waals surface area contributed by atoms with E-state index in [0.717, 1.165) is 22.6 Å². The summed E-state index contributed by atoms with van der Waals surface area (Å²) in [7, 11) is 1.64. The quantitative estimate of drug-likeness (QED) is 0.859. The third-order valence-corrected chi connectivity index (χ3v) is 3.69. The highest BCUT2D eigenvalue weighted by atomic mass is 32.1. The molecular weight excluding hydrogens is 270 g/mol. The maximum absolute atomic E-state index is 6.13. The Bertz CT molecular complexity index is 628. The summed E-state index contributed by atoms with van der Waals surface area (Å²) in [6, 6.07) is 15.8. The van der Waals surface area contributed by atoms with E-state index >= 15 is 0 Å². The van der Waals surface area contributed by atoms with Crippen LogP contribution in [0.4, 0.5) is 0 Å². The van der Waals surface area contributed by atoms with Crippen LogP contribution in [0.5, 0.6) is 11.5 Å². The average molecular weight is 285 g/mol. The number of fused-ring (bicyclic) bond motifs is 1. The molecule has 102 valence electrons. The molecular formula is C16H15NO2S. The summed E-state index contributed by atoms with van der Waals surface area (Å²) in [5, 5.41) is 3.25. The van der Waals surface area contributed by atoms with Gasteiger partial charge in [-0.05, 0) is 17.7 Å². The molecule has 0 saturated carbocycles. The maximum Gasteiger partial charge on any atom is 0.141 e. The number of ether oxygens (including phenoxy) is 2. The largest absolute Gasteiger partial charge is 0.497 e. The van der Waals surface area contributed by atoms with Gasteiger partial charge in [0.15, 0.2) is 0 Å². The highest BCUT2D eigenvalue weighted by Crippen LogP contribution is 2.31. The first-order valence-corrected chi connectivity index (χ1v) is 6.86. The number of methoxy groups -OCH3 is 1. The van der Waals surface area contributed by atoms with E-state index in [0.29, 0.717) is 11.5 Å². The zero-order valence-corrected chi connectivity index (χ0v) is 11.9. The topological polar surface area (TPSA) is 30.5 Å². The molecule has 2 aromatic carbocycles. The van der Waals surface area contributed by atoms with Crippen LogP contribution in [0, 0.1) is 0 Å². The Morgan fingerprint density at radius 3 is 2.75 bits per heavy atom. The molecule has 0 bridgehead atoms. The van der Waals surface area contributed by atoms with E-state index in [-0.39, 0.29) is 6.10 Å². The molecule has 0 spiro atoms. The lowest BCUT2D eigenvalue weighted by Crippen LogP contribution is -2.26. The van der Waals surface area contributed by atoms with Crippen molar-refractivity contribution >= 4 is 17.2 Å². The molecule has 20 heavy (non-hydrogen) atoms. The predicted molar refractivity (Wildman–Crippen MR) is 82.5 cm³/mol. The molecule has 1 heterocycles. The summed E-state index contributed by atoms with van der Waals surface area (Å²) in [5.41, 5.74) is 2.03. The zero-order valence-electron chi connectivity index (χ0n) is 11.1. The van der Waals surface area contributed by atoms with Crippen LogP contribution in [0.2, 0.25) is 0 Å². The molecule has 0 amide bonds. The van der Waals surface area contributed by atoms with Gasteiger partial charge >= 0.3 is 0 Å². The Balaban J connectivity index is 1.98. The molecule has 0 aromatic heterocycles. The Labute approximate surface area is 123 Å². The van der Waals surface area contributed by atoms with Gasteiger partial charge in [-0.25, -0.2) is 0 Å². The molecule has 2 aromatic rings. The van der Waals surface area contributed by atoms with Crippen LogP contribution in [0.15, 0.2) is 48.5 Å². The normalized spacial score (nSPS) is 17.4. The Hall–Kier alpha value is -2.07. The van der Waals surface area contributed by atoms with Crippen molar-refractivity contribution in [1.82, 2.24) is 5.32 Å². The van der Waals surface area contributed by atoms with Crippen molar-refractivity contribution in [2.75, 3.05) is 13.7 Å². The summed E-state index contributed by atoms with van der Waals surface area (Å²) in [4.78, 5) is 0.709. The van der Waals surface area contributed by atoms with Gasteiger partial charge in [-0.15, -0.1) is 0 Å². The minimum absolute atomic E-state index is 0.0671. The van der Waals surface area contributed by atoms with Crippen LogP contribution >= 0.6 is 12.2 Å². The third kappa shape index (κ3) is 2.47. The van der Waals surface area contributed by atoms with Crippen molar-refractivity contribution in [1.29, 1.82) is 0 Å². The van der Waals surface area contributed by atoms with Crippen LogP contribution < -0.4 is 14.8 Å². The molecule has 4 heteroatoms. The number of benzene rings is 2. The summed E-state index contributed by atoms with van der Waals surface area (Å²) >= 11 is 5.40. The molecule has 1 atom stereocenters. The standard InChI is InChI=1S/C16H15NO2S/c1-18-12-7-8-13-14(9-12)19-15(10-17-16(13)20)11-5-3-2-4-6-11/h2-9,15H,10H2,1H3,(H,17,20). The number of hydrogen-bond donors (Lipinski definition) is 1.